The number of fused-ring (bicyclic) bond motifs is 3. The van der Waals surface area contributed by atoms with Gasteiger partial charge in [0.25, 0.3) is 0 Å². The highest BCUT2D eigenvalue weighted by molar-refractivity contribution is 6.09. The van der Waals surface area contributed by atoms with Gasteiger partial charge < -0.3 is 14.8 Å². The average molecular weight is 349 g/mol. The molecule has 0 spiro atoms. The molecule has 0 unspecified atom stereocenters. The Kier molecular flexibility index (Phi) is 4.68. The number of hydrogen-bond donors (Lipinski definition) is 1. The second-order valence-corrected chi connectivity index (χ2v) is 7.56. The number of para-hydroxylation sites is 1. The van der Waals surface area contributed by atoms with Crippen molar-refractivity contribution in [1.82, 2.24) is 9.47 Å². The third-order valence-corrected chi connectivity index (χ3v) is 5.36. The summed E-state index contributed by atoms with van der Waals surface area (Å²) in [5.74, 6) is 0.101. The molecule has 0 aliphatic carbocycles. The summed E-state index contributed by atoms with van der Waals surface area (Å²) in [7, 11) is 0. The Morgan fingerprint density at radius 1 is 1.04 bits per heavy atom. The van der Waals surface area contributed by atoms with Gasteiger partial charge in [-0.25, -0.2) is 0 Å². The summed E-state index contributed by atoms with van der Waals surface area (Å²) < 4.78 is 2.36. The SMILES string of the molecule is CC(C)n1c2ccccc2c2cc(NC(=O)CCN3CCCC3)ccc21. The van der Waals surface area contributed by atoms with Crippen molar-refractivity contribution in [3.8, 4) is 0 Å². The molecule has 1 N–H and O–H groups in total. The topological polar surface area (TPSA) is 37.3 Å². The van der Waals surface area contributed by atoms with Crippen LogP contribution in [0, 0.1) is 0 Å². The zero-order chi connectivity index (χ0) is 18.1. The van der Waals surface area contributed by atoms with Crippen LogP contribution in [0.5, 0.6) is 0 Å². The minimum absolute atomic E-state index is 0.101. The number of amides is 1. The first kappa shape index (κ1) is 17.1. The van der Waals surface area contributed by atoms with Gasteiger partial charge in [-0.3, -0.25) is 4.79 Å². The van der Waals surface area contributed by atoms with Gasteiger partial charge in [-0.1, -0.05) is 18.2 Å². The van der Waals surface area contributed by atoms with Gasteiger partial charge in [0, 0.05) is 46.5 Å². The third-order valence-electron chi connectivity index (χ3n) is 5.36. The van der Waals surface area contributed by atoms with Crippen LogP contribution in [-0.4, -0.2) is 35.0 Å². The summed E-state index contributed by atoms with van der Waals surface area (Å²) in [6.07, 6.45) is 3.09. The smallest absolute Gasteiger partial charge is 0.225 e. The molecule has 2 aromatic carbocycles. The summed E-state index contributed by atoms with van der Waals surface area (Å²) in [6.45, 7) is 7.54. The van der Waals surface area contributed by atoms with Crippen LogP contribution in [0.25, 0.3) is 21.8 Å². The van der Waals surface area contributed by atoms with E-state index in [0.29, 0.717) is 12.5 Å². The maximum Gasteiger partial charge on any atom is 0.225 e. The van der Waals surface area contributed by atoms with Crippen LogP contribution in [0.1, 0.15) is 39.2 Å². The molecule has 1 saturated heterocycles. The second-order valence-electron chi connectivity index (χ2n) is 7.56. The number of rotatable bonds is 5. The number of nitrogens with one attached hydrogen (secondary N) is 1. The molecule has 136 valence electrons. The fraction of sp³-hybridized carbons (Fsp3) is 0.409. The molecule has 0 atom stereocenters. The van der Waals surface area contributed by atoms with E-state index in [2.05, 4.69) is 65.0 Å². The van der Waals surface area contributed by atoms with Gasteiger partial charge in [0.05, 0.1) is 0 Å². The minimum atomic E-state index is 0.101. The summed E-state index contributed by atoms with van der Waals surface area (Å²) in [5, 5.41) is 5.53. The van der Waals surface area contributed by atoms with Crippen molar-refractivity contribution < 1.29 is 4.79 Å². The predicted octanol–water partition coefficient (Wildman–Crippen LogP) is 4.80. The molecule has 1 aromatic heterocycles. The van der Waals surface area contributed by atoms with E-state index in [9.17, 15) is 4.79 Å². The molecule has 0 saturated carbocycles. The first-order valence-electron chi connectivity index (χ1n) is 9.68. The maximum absolute atomic E-state index is 12.3. The van der Waals surface area contributed by atoms with Crippen LogP contribution >= 0.6 is 0 Å². The summed E-state index contributed by atoms with van der Waals surface area (Å²) in [4.78, 5) is 14.7. The van der Waals surface area contributed by atoms with E-state index in [4.69, 9.17) is 0 Å². The summed E-state index contributed by atoms with van der Waals surface area (Å²) in [5.41, 5.74) is 3.35. The van der Waals surface area contributed by atoms with Crippen molar-refractivity contribution in [2.24, 2.45) is 0 Å². The van der Waals surface area contributed by atoms with E-state index in [1.54, 1.807) is 0 Å². The lowest BCUT2D eigenvalue weighted by Crippen LogP contribution is -2.25. The lowest BCUT2D eigenvalue weighted by Gasteiger charge is -2.14. The zero-order valence-corrected chi connectivity index (χ0v) is 15.7. The van der Waals surface area contributed by atoms with Gasteiger partial charge in [-0.2, -0.15) is 0 Å². The standard InChI is InChI=1S/C22H27N3O/c1-16(2)25-20-8-4-3-7-18(20)19-15-17(9-10-21(19)25)23-22(26)11-14-24-12-5-6-13-24/h3-4,7-10,15-16H,5-6,11-14H2,1-2H3,(H,23,26). The summed E-state index contributed by atoms with van der Waals surface area (Å²) >= 11 is 0. The van der Waals surface area contributed by atoms with E-state index >= 15 is 0 Å². The van der Waals surface area contributed by atoms with Crippen molar-refractivity contribution in [2.75, 3.05) is 25.0 Å². The Balaban J connectivity index is 1.59. The molecular weight excluding hydrogens is 322 g/mol. The van der Waals surface area contributed by atoms with Crippen LogP contribution in [0.2, 0.25) is 0 Å². The molecule has 1 aliphatic rings. The Morgan fingerprint density at radius 2 is 1.77 bits per heavy atom. The van der Waals surface area contributed by atoms with E-state index in [1.807, 2.05) is 6.07 Å². The molecule has 0 radical (unpaired) electrons. The number of anilines is 1. The lowest BCUT2D eigenvalue weighted by atomic mass is 10.1. The molecule has 4 heteroatoms. The molecule has 26 heavy (non-hydrogen) atoms. The number of nitrogens with zero attached hydrogens (tertiary/aromatic N) is 2. The van der Waals surface area contributed by atoms with E-state index in [0.717, 1.165) is 25.3 Å². The molecule has 1 fully saturated rings. The fourth-order valence-electron chi connectivity index (χ4n) is 4.13. The van der Waals surface area contributed by atoms with Gasteiger partial charge in [0.15, 0.2) is 0 Å². The molecule has 0 bridgehead atoms. The molecule has 4 rings (SSSR count). The van der Waals surface area contributed by atoms with Gasteiger partial charge in [-0.15, -0.1) is 0 Å². The van der Waals surface area contributed by atoms with Crippen molar-refractivity contribution >= 4 is 33.4 Å². The van der Waals surface area contributed by atoms with Gasteiger partial charge >= 0.3 is 0 Å². The zero-order valence-electron chi connectivity index (χ0n) is 15.7. The van der Waals surface area contributed by atoms with Crippen molar-refractivity contribution in [3.63, 3.8) is 0 Å². The molecular formula is C22H27N3O. The van der Waals surface area contributed by atoms with Gasteiger partial charge in [0.2, 0.25) is 5.91 Å². The molecule has 4 nitrogen and oxygen atoms in total. The Bertz CT molecular complexity index is 935. The van der Waals surface area contributed by atoms with Crippen LogP contribution in [-0.2, 0) is 4.79 Å². The predicted molar refractivity (Wildman–Crippen MR) is 109 cm³/mol. The highest BCUT2D eigenvalue weighted by Gasteiger charge is 2.15. The average Bonchev–Trinajstić information content (AvgIpc) is 3.25. The molecule has 3 aromatic rings. The Hall–Kier alpha value is -2.33. The molecule has 1 aliphatic heterocycles. The fourth-order valence-corrected chi connectivity index (χ4v) is 4.13. The van der Waals surface area contributed by atoms with Crippen LogP contribution in [0.15, 0.2) is 42.5 Å². The number of hydrogen-bond acceptors (Lipinski definition) is 2. The first-order chi connectivity index (χ1) is 12.6. The summed E-state index contributed by atoms with van der Waals surface area (Å²) in [6, 6.07) is 15.1. The number of aromatic nitrogens is 1. The Labute approximate surface area is 154 Å². The molecule has 1 amide bonds. The number of carbonyl (C=O) groups excluding carboxylic acids is 1. The maximum atomic E-state index is 12.3. The number of carbonyl (C=O) groups is 1. The van der Waals surface area contributed by atoms with Gasteiger partial charge in [-0.05, 0) is 64.0 Å². The monoisotopic (exact) mass is 349 g/mol. The van der Waals surface area contributed by atoms with Crippen LogP contribution < -0.4 is 5.32 Å². The van der Waals surface area contributed by atoms with Crippen molar-refractivity contribution in [2.45, 2.75) is 39.2 Å². The number of likely N-dealkylation sites (tertiary alicyclic amines) is 1. The highest BCUT2D eigenvalue weighted by atomic mass is 16.1. The van der Waals surface area contributed by atoms with Crippen molar-refractivity contribution in [1.29, 1.82) is 0 Å². The van der Waals surface area contributed by atoms with Crippen LogP contribution in [0.4, 0.5) is 5.69 Å². The van der Waals surface area contributed by atoms with Gasteiger partial charge in [0.1, 0.15) is 0 Å². The van der Waals surface area contributed by atoms with Crippen LogP contribution in [0.3, 0.4) is 0 Å². The number of benzene rings is 2. The van der Waals surface area contributed by atoms with E-state index in [1.165, 1.54) is 34.6 Å². The Morgan fingerprint density at radius 3 is 2.54 bits per heavy atom. The second kappa shape index (κ2) is 7.12. The lowest BCUT2D eigenvalue weighted by molar-refractivity contribution is -0.116. The quantitative estimate of drug-likeness (QED) is 0.718. The minimum Gasteiger partial charge on any atom is -0.338 e. The van der Waals surface area contributed by atoms with E-state index in [-0.39, 0.29) is 5.91 Å². The highest BCUT2D eigenvalue weighted by Crippen LogP contribution is 2.33. The van der Waals surface area contributed by atoms with Crippen molar-refractivity contribution in [3.05, 3.63) is 42.5 Å². The van der Waals surface area contributed by atoms with E-state index < -0.39 is 0 Å². The third kappa shape index (κ3) is 3.21. The molecule has 2 heterocycles. The first-order valence-corrected chi connectivity index (χ1v) is 9.68. The largest absolute Gasteiger partial charge is 0.338 e. The normalized spacial score (nSPS) is 15.3.